The van der Waals surface area contributed by atoms with E-state index in [1.165, 1.54) is 11.1 Å². The van der Waals surface area contributed by atoms with Gasteiger partial charge in [-0.15, -0.1) is 0 Å². The smallest absolute Gasteiger partial charge is 0.0437 e. The third-order valence-electron chi connectivity index (χ3n) is 14.0. The van der Waals surface area contributed by atoms with Gasteiger partial charge in [-0.1, -0.05) is 0 Å². The average Bonchev–Trinajstić information content (AvgIpc) is 2.99. The van der Waals surface area contributed by atoms with E-state index in [0.29, 0.717) is 0 Å². The second-order valence-electron chi connectivity index (χ2n) is 29.5. The summed E-state index contributed by atoms with van der Waals surface area (Å²) in [7, 11) is 3.13. The molecule has 0 bridgehead atoms. The largest absolute Gasteiger partial charge is 0.382 e. The van der Waals surface area contributed by atoms with Gasteiger partial charge in [0.05, 0.1) is 0 Å². The molecule has 1 aliphatic rings. The first kappa shape index (κ1) is 59.0. The Kier molecular flexibility index (Phi) is 17.4. The molecule has 0 radical (unpaired) electrons. The van der Waals surface area contributed by atoms with E-state index in [2.05, 4.69) is 238 Å². The number of ether oxygens (including phenoxy) is 1. The summed E-state index contributed by atoms with van der Waals surface area (Å²) in [5.41, 5.74) is 9.50. The molecule has 0 saturated carbocycles. The van der Waals surface area contributed by atoms with E-state index in [9.17, 15) is 0 Å². The summed E-state index contributed by atoms with van der Waals surface area (Å²) in [6, 6.07) is 10.6. The van der Waals surface area contributed by atoms with Gasteiger partial charge in [0, 0.05) is 13.2 Å². The second kappa shape index (κ2) is 18.6. The van der Waals surface area contributed by atoms with Crippen molar-refractivity contribution in [1.82, 2.24) is 0 Å². The minimum Gasteiger partial charge on any atom is -0.382 e. The fraction of sp³-hybridized carbons (Fsp3) is 0.759. The molecule has 1 fully saturated rings. The van der Waals surface area contributed by atoms with Crippen molar-refractivity contribution in [2.24, 2.45) is 0 Å². The zero-order chi connectivity index (χ0) is 50.1. The van der Waals surface area contributed by atoms with E-state index in [0.717, 1.165) is 13.2 Å². The third-order valence-corrected chi connectivity index (χ3v) is 66.8. The van der Waals surface area contributed by atoms with Gasteiger partial charge in [-0.3, -0.25) is 0 Å². The predicted molar refractivity (Wildman–Crippen MR) is 301 cm³/mol. The molecular weight excluding hydrogens is 920 g/mol. The molecule has 0 N–H and O–H groups in total. The van der Waals surface area contributed by atoms with Crippen LogP contribution in [0.2, 0.25) is 17.0 Å². The summed E-state index contributed by atoms with van der Waals surface area (Å²) in [5, 5.41) is 3.29. The molecule has 3 rings (SSSR count). The van der Waals surface area contributed by atoms with Gasteiger partial charge in [-0.2, -0.15) is 0 Å². The number of rotatable bonds is 4. The Labute approximate surface area is 403 Å². The van der Waals surface area contributed by atoms with Crippen LogP contribution in [0.25, 0.3) is 0 Å². The zero-order valence-electron chi connectivity index (χ0n) is 48.0. The molecule has 1 nitrogen and oxygen atoms in total. The van der Waals surface area contributed by atoms with Crippen molar-refractivity contribution >= 4 is 59.5 Å². The molecule has 2 aromatic rings. The van der Waals surface area contributed by atoms with E-state index in [-0.39, 0.29) is 49.5 Å². The Morgan fingerprint density at radius 2 is 0.524 bits per heavy atom. The maximum Gasteiger partial charge on any atom is 0.0437 e. The molecule has 0 atom stereocenters. The quantitative estimate of drug-likeness (QED) is 0.219. The standard InChI is InChI=1S/C54H94Ge2P2.C4H10O/c1-45(2,3)35-31-37(47(7,8)9)41(38(32-35)48(10,11)12)57-43-55(51(19,20)21,52(22,23)24)44(56(43,53(25,26)27)54(28,29)30)58-42-39(49(13,14)15)33-36(46(4,5)6)34-40(42)50(16,17)18;1-3-5-4-2/h31-34H,1-30H3;3-4H2,1-2H3. The molecule has 0 spiro atoms. The van der Waals surface area contributed by atoms with Crippen LogP contribution >= 0.6 is 16.4 Å². The van der Waals surface area contributed by atoms with Crippen molar-refractivity contribution < 1.29 is 4.74 Å². The van der Waals surface area contributed by atoms with Crippen LogP contribution in [0.5, 0.6) is 0 Å². The van der Waals surface area contributed by atoms with Crippen LogP contribution in [-0.2, 0) is 37.2 Å². The molecule has 5 heteroatoms. The fourth-order valence-corrected chi connectivity index (χ4v) is 115. The van der Waals surface area contributed by atoms with Gasteiger partial charge < -0.3 is 4.74 Å². The Morgan fingerprint density at radius 1 is 0.333 bits per heavy atom. The Bertz CT molecular complexity index is 1730. The summed E-state index contributed by atoms with van der Waals surface area (Å²) >= 11 is -6.58. The normalized spacial score (nSPS) is 17.2. The maximum atomic E-state index is 4.83. The van der Waals surface area contributed by atoms with E-state index < -0.39 is 26.5 Å². The minimum atomic E-state index is -3.29. The van der Waals surface area contributed by atoms with Crippen molar-refractivity contribution in [3.8, 4) is 0 Å². The molecule has 2 aromatic carbocycles. The minimum absolute atomic E-state index is 0.0228. The van der Waals surface area contributed by atoms with Crippen molar-refractivity contribution in [2.75, 3.05) is 13.2 Å². The number of hydrogen-bond donors (Lipinski definition) is 0. The van der Waals surface area contributed by atoms with E-state index >= 15 is 0 Å². The van der Waals surface area contributed by atoms with Crippen molar-refractivity contribution in [3.05, 3.63) is 57.6 Å². The van der Waals surface area contributed by atoms with Crippen molar-refractivity contribution in [3.63, 3.8) is 0 Å². The molecular formula is C58H104Ge2OP2. The summed E-state index contributed by atoms with van der Waals surface area (Å²) in [4.78, 5) is 0. The zero-order valence-corrected chi connectivity index (χ0v) is 54.0. The Morgan fingerprint density at radius 3 is 0.635 bits per heavy atom. The predicted octanol–water partition coefficient (Wildman–Crippen LogP) is 18.0. The SMILES string of the molecule is CC(C)(C)c1cc(C(C)(C)C)c(P=[C]2[Ge]([C](C)(C)C)([C](C)(C)C)[C](=Pc3c(C(C)(C)C)cc(C(C)(C)C)cc3C(C)(C)C)[Ge]2([C](C)(C)C)[C](C)(C)C)c(C(C)(C)C)c1.CCOCC. The van der Waals surface area contributed by atoms with Gasteiger partial charge in [-0.25, -0.2) is 0 Å². The van der Waals surface area contributed by atoms with Gasteiger partial charge in [0.25, 0.3) is 0 Å². The summed E-state index contributed by atoms with van der Waals surface area (Å²) in [6.45, 7) is 82.2. The first-order valence-corrected chi connectivity index (χ1v) is 34.9. The third kappa shape index (κ3) is 11.6. The van der Waals surface area contributed by atoms with E-state index in [1.54, 1.807) is 49.3 Å². The van der Waals surface area contributed by atoms with Crippen LogP contribution < -0.4 is 10.6 Å². The first-order valence-electron chi connectivity index (χ1n) is 24.7. The van der Waals surface area contributed by atoms with Crippen molar-refractivity contribution in [1.29, 1.82) is 0 Å². The first-order chi connectivity index (χ1) is 27.5. The molecule has 63 heavy (non-hydrogen) atoms. The molecule has 1 heterocycles. The fourth-order valence-electron chi connectivity index (χ4n) is 11.2. The van der Waals surface area contributed by atoms with Crippen LogP contribution in [0, 0.1) is 0 Å². The number of benzene rings is 2. The number of hydrogen-bond acceptors (Lipinski definition) is 1. The van der Waals surface area contributed by atoms with Gasteiger partial charge in [0.2, 0.25) is 0 Å². The average molecular weight is 1020 g/mol. The van der Waals surface area contributed by atoms with Crippen LogP contribution in [-0.4, -0.2) is 45.7 Å². The van der Waals surface area contributed by atoms with Crippen molar-refractivity contribution in [2.45, 2.75) is 271 Å². The monoisotopic (exact) mass is 1030 g/mol. The molecule has 0 aliphatic carbocycles. The molecule has 1 saturated heterocycles. The van der Waals surface area contributed by atoms with Crippen LogP contribution in [0.4, 0.5) is 0 Å². The summed E-state index contributed by atoms with van der Waals surface area (Å²) < 4.78 is 9.78. The van der Waals surface area contributed by atoms with Crippen LogP contribution in [0.1, 0.15) is 255 Å². The summed E-state index contributed by atoms with van der Waals surface area (Å²) in [6.07, 6.45) is 0. The molecule has 1 aliphatic heterocycles. The van der Waals surface area contributed by atoms with Gasteiger partial charge >= 0.3 is 374 Å². The second-order valence-corrected chi connectivity index (χ2v) is 62.8. The van der Waals surface area contributed by atoms with E-state index in [4.69, 9.17) is 4.74 Å². The van der Waals surface area contributed by atoms with Gasteiger partial charge in [0.1, 0.15) is 0 Å². The molecule has 0 aromatic heterocycles. The Hall–Kier alpha value is -0.174. The molecule has 0 amide bonds. The summed E-state index contributed by atoms with van der Waals surface area (Å²) in [5.74, 6) is 0. The molecule has 360 valence electrons. The van der Waals surface area contributed by atoms with Crippen LogP contribution in [0.15, 0.2) is 24.3 Å². The van der Waals surface area contributed by atoms with Gasteiger partial charge in [0.15, 0.2) is 0 Å². The maximum absolute atomic E-state index is 4.83. The topological polar surface area (TPSA) is 9.23 Å². The van der Waals surface area contributed by atoms with Gasteiger partial charge in [-0.05, 0) is 13.8 Å². The molecule has 0 unspecified atom stereocenters. The Balaban J connectivity index is 0.00000257. The van der Waals surface area contributed by atoms with Crippen LogP contribution in [0.3, 0.4) is 0 Å². The van der Waals surface area contributed by atoms with E-state index in [1.807, 2.05) is 13.8 Å².